The van der Waals surface area contributed by atoms with Gasteiger partial charge in [0, 0.05) is 12.2 Å². The Balaban J connectivity index is 2.39. The monoisotopic (exact) mass is 264 g/mol. The van der Waals surface area contributed by atoms with E-state index in [0.29, 0.717) is 36.8 Å². The molecule has 1 saturated heterocycles. The first-order valence-corrected chi connectivity index (χ1v) is 6.29. The Morgan fingerprint density at radius 2 is 2.21 bits per heavy atom. The third-order valence-electron chi connectivity index (χ3n) is 3.38. The molecule has 1 aromatic carbocycles. The van der Waals surface area contributed by atoms with Crippen LogP contribution in [0.3, 0.4) is 0 Å². The minimum atomic E-state index is -0.345. The van der Waals surface area contributed by atoms with E-state index in [9.17, 15) is 4.79 Å². The van der Waals surface area contributed by atoms with Gasteiger partial charge in [0.2, 0.25) is 0 Å². The first-order chi connectivity index (χ1) is 8.97. The van der Waals surface area contributed by atoms with E-state index in [-0.39, 0.29) is 11.4 Å². The molecule has 5 nitrogen and oxygen atoms in total. The molecule has 104 valence electrons. The molecule has 0 spiro atoms. The number of ether oxygens (including phenoxy) is 2. The number of benzene rings is 1. The summed E-state index contributed by atoms with van der Waals surface area (Å²) in [6, 6.07) is 5.23. The predicted molar refractivity (Wildman–Crippen MR) is 73.3 cm³/mol. The van der Waals surface area contributed by atoms with Gasteiger partial charge in [-0.25, -0.2) is 0 Å². The molecule has 1 fully saturated rings. The van der Waals surface area contributed by atoms with Crippen molar-refractivity contribution in [3.05, 3.63) is 23.8 Å². The lowest BCUT2D eigenvalue weighted by Crippen LogP contribution is -2.55. The van der Waals surface area contributed by atoms with Crippen LogP contribution < -0.4 is 10.5 Å². The zero-order valence-electron chi connectivity index (χ0n) is 11.6. The van der Waals surface area contributed by atoms with E-state index in [1.165, 1.54) is 7.11 Å². The lowest BCUT2D eigenvalue weighted by molar-refractivity contribution is -0.0371. The number of carbonyl (C=O) groups excluding carboxylic acids is 1. The maximum Gasteiger partial charge on any atom is 0.260 e. The van der Waals surface area contributed by atoms with Gasteiger partial charge < -0.3 is 20.1 Å². The van der Waals surface area contributed by atoms with Gasteiger partial charge in [-0.3, -0.25) is 4.79 Å². The SMILES string of the molecule is COc1cccc(N)c1C(=O)N1CCOCC1(C)C. The Labute approximate surface area is 113 Å². The molecule has 1 aliphatic heterocycles. The summed E-state index contributed by atoms with van der Waals surface area (Å²) in [5.41, 5.74) is 6.46. The highest BCUT2D eigenvalue weighted by Gasteiger charge is 2.36. The second-order valence-electron chi connectivity index (χ2n) is 5.25. The van der Waals surface area contributed by atoms with Crippen molar-refractivity contribution in [2.24, 2.45) is 0 Å². The number of methoxy groups -OCH3 is 1. The molecule has 0 radical (unpaired) electrons. The van der Waals surface area contributed by atoms with Crippen LogP contribution in [0.1, 0.15) is 24.2 Å². The summed E-state index contributed by atoms with van der Waals surface area (Å²) in [6.07, 6.45) is 0. The second-order valence-corrected chi connectivity index (χ2v) is 5.25. The van der Waals surface area contributed by atoms with Crippen molar-refractivity contribution in [1.29, 1.82) is 0 Å². The number of carbonyl (C=O) groups is 1. The van der Waals surface area contributed by atoms with E-state index in [2.05, 4.69) is 0 Å². The van der Waals surface area contributed by atoms with E-state index in [0.717, 1.165) is 0 Å². The van der Waals surface area contributed by atoms with Crippen LogP contribution in [0.4, 0.5) is 5.69 Å². The minimum Gasteiger partial charge on any atom is -0.496 e. The highest BCUT2D eigenvalue weighted by Crippen LogP contribution is 2.29. The molecule has 19 heavy (non-hydrogen) atoms. The van der Waals surface area contributed by atoms with Crippen LogP contribution in [-0.2, 0) is 4.74 Å². The normalized spacial score (nSPS) is 18.2. The lowest BCUT2D eigenvalue weighted by Gasteiger charge is -2.42. The maximum absolute atomic E-state index is 12.7. The number of nitrogens with two attached hydrogens (primary N) is 1. The topological polar surface area (TPSA) is 64.8 Å². The summed E-state index contributed by atoms with van der Waals surface area (Å²) in [7, 11) is 1.54. The quantitative estimate of drug-likeness (QED) is 0.823. The van der Waals surface area contributed by atoms with Crippen LogP contribution in [0, 0.1) is 0 Å². The molecule has 0 atom stereocenters. The van der Waals surface area contributed by atoms with E-state index >= 15 is 0 Å². The Kier molecular flexibility index (Phi) is 3.66. The average Bonchev–Trinajstić information content (AvgIpc) is 2.37. The van der Waals surface area contributed by atoms with Gasteiger partial charge in [0.1, 0.15) is 11.3 Å². The molecular formula is C14H20N2O3. The highest BCUT2D eigenvalue weighted by atomic mass is 16.5. The van der Waals surface area contributed by atoms with E-state index < -0.39 is 0 Å². The van der Waals surface area contributed by atoms with Gasteiger partial charge in [0.05, 0.1) is 25.9 Å². The zero-order valence-corrected chi connectivity index (χ0v) is 11.6. The number of nitrogen functional groups attached to an aromatic ring is 1. The molecular weight excluding hydrogens is 244 g/mol. The third kappa shape index (κ3) is 2.51. The van der Waals surface area contributed by atoms with Gasteiger partial charge in [0.15, 0.2) is 0 Å². The molecule has 1 aromatic rings. The fourth-order valence-corrected chi connectivity index (χ4v) is 2.32. The summed E-state index contributed by atoms with van der Waals surface area (Å²) >= 11 is 0. The summed E-state index contributed by atoms with van der Waals surface area (Å²) in [5, 5.41) is 0. The summed E-state index contributed by atoms with van der Waals surface area (Å²) < 4.78 is 10.7. The molecule has 0 saturated carbocycles. The van der Waals surface area contributed by atoms with E-state index in [1.807, 2.05) is 13.8 Å². The van der Waals surface area contributed by atoms with Gasteiger partial charge in [-0.1, -0.05) is 6.07 Å². The Morgan fingerprint density at radius 1 is 1.47 bits per heavy atom. The average molecular weight is 264 g/mol. The molecule has 1 aliphatic rings. The standard InChI is InChI=1S/C14H20N2O3/c1-14(2)9-19-8-7-16(14)13(17)12-10(15)5-4-6-11(12)18-3/h4-6H,7-9,15H2,1-3H3. The number of rotatable bonds is 2. The number of anilines is 1. The van der Waals surface area contributed by atoms with Crippen LogP contribution in [-0.4, -0.2) is 43.2 Å². The molecule has 5 heteroatoms. The van der Waals surface area contributed by atoms with Crippen LogP contribution in [0.2, 0.25) is 0 Å². The van der Waals surface area contributed by atoms with Crippen LogP contribution in [0.5, 0.6) is 5.75 Å². The fourth-order valence-electron chi connectivity index (χ4n) is 2.32. The minimum absolute atomic E-state index is 0.108. The number of nitrogens with zero attached hydrogens (tertiary/aromatic N) is 1. The van der Waals surface area contributed by atoms with Crippen molar-refractivity contribution in [2.75, 3.05) is 32.6 Å². The molecule has 1 amide bonds. The molecule has 0 unspecified atom stereocenters. The van der Waals surface area contributed by atoms with Crippen LogP contribution in [0.15, 0.2) is 18.2 Å². The maximum atomic E-state index is 12.7. The van der Waals surface area contributed by atoms with Crippen molar-refractivity contribution in [3.63, 3.8) is 0 Å². The lowest BCUT2D eigenvalue weighted by atomic mass is 10.00. The van der Waals surface area contributed by atoms with Gasteiger partial charge in [-0.2, -0.15) is 0 Å². The molecule has 0 aromatic heterocycles. The van der Waals surface area contributed by atoms with E-state index in [4.69, 9.17) is 15.2 Å². The first-order valence-electron chi connectivity index (χ1n) is 6.29. The highest BCUT2D eigenvalue weighted by molar-refractivity contribution is 6.02. The predicted octanol–water partition coefficient (Wildman–Crippen LogP) is 1.53. The summed E-state index contributed by atoms with van der Waals surface area (Å²) in [6.45, 7) is 5.59. The molecule has 2 rings (SSSR count). The van der Waals surface area contributed by atoms with Gasteiger partial charge in [-0.05, 0) is 26.0 Å². The molecule has 1 heterocycles. The number of morpholine rings is 1. The number of amides is 1. The fraction of sp³-hybridized carbons (Fsp3) is 0.500. The Morgan fingerprint density at radius 3 is 2.84 bits per heavy atom. The van der Waals surface area contributed by atoms with Crippen molar-refractivity contribution >= 4 is 11.6 Å². The zero-order chi connectivity index (χ0) is 14.0. The smallest absolute Gasteiger partial charge is 0.260 e. The summed E-state index contributed by atoms with van der Waals surface area (Å²) in [5.74, 6) is 0.399. The van der Waals surface area contributed by atoms with Gasteiger partial charge in [-0.15, -0.1) is 0 Å². The van der Waals surface area contributed by atoms with Crippen LogP contribution >= 0.6 is 0 Å². The Hall–Kier alpha value is -1.75. The Bertz CT molecular complexity index is 486. The van der Waals surface area contributed by atoms with Crippen molar-refractivity contribution < 1.29 is 14.3 Å². The number of hydrogen-bond acceptors (Lipinski definition) is 4. The van der Waals surface area contributed by atoms with E-state index in [1.54, 1.807) is 23.1 Å². The molecule has 0 bridgehead atoms. The number of hydrogen-bond donors (Lipinski definition) is 1. The largest absolute Gasteiger partial charge is 0.496 e. The summed E-state index contributed by atoms with van der Waals surface area (Å²) in [4.78, 5) is 14.5. The van der Waals surface area contributed by atoms with Crippen LogP contribution in [0.25, 0.3) is 0 Å². The second kappa shape index (κ2) is 5.09. The first kappa shape index (κ1) is 13.7. The van der Waals surface area contributed by atoms with Crippen molar-refractivity contribution in [3.8, 4) is 5.75 Å². The third-order valence-corrected chi connectivity index (χ3v) is 3.38. The molecule has 2 N–H and O–H groups in total. The van der Waals surface area contributed by atoms with Gasteiger partial charge >= 0.3 is 0 Å². The van der Waals surface area contributed by atoms with Crippen molar-refractivity contribution in [1.82, 2.24) is 4.90 Å². The van der Waals surface area contributed by atoms with Gasteiger partial charge in [0.25, 0.3) is 5.91 Å². The molecule has 0 aliphatic carbocycles. The van der Waals surface area contributed by atoms with Crippen molar-refractivity contribution in [2.45, 2.75) is 19.4 Å².